The summed E-state index contributed by atoms with van der Waals surface area (Å²) in [5, 5.41) is 8.48. The molecule has 1 spiro atoms. The van der Waals surface area contributed by atoms with Crippen LogP contribution in [0.4, 0.5) is 5.69 Å². The Morgan fingerprint density at radius 3 is 2.81 bits per heavy atom. The lowest BCUT2D eigenvalue weighted by molar-refractivity contribution is -0.122. The Bertz CT molecular complexity index is 798. The number of hydrogen-bond acceptors (Lipinski definition) is 5. The molecule has 0 radical (unpaired) electrons. The van der Waals surface area contributed by atoms with E-state index in [0.717, 1.165) is 24.9 Å². The van der Waals surface area contributed by atoms with Crippen LogP contribution >= 0.6 is 11.3 Å². The molecule has 3 heterocycles. The van der Waals surface area contributed by atoms with Crippen LogP contribution in [0.2, 0.25) is 0 Å². The molecule has 136 valence electrons. The number of hydrogen-bond donors (Lipinski definition) is 2. The summed E-state index contributed by atoms with van der Waals surface area (Å²) in [5.41, 5.74) is 4.19. The number of anilines is 1. The third kappa shape index (κ3) is 3.44. The van der Waals surface area contributed by atoms with Gasteiger partial charge in [0, 0.05) is 42.7 Å². The minimum atomic E-state index is -0.316. The number of nitrogens with one attached hydrogen (secondary N) is 2. The zero-order valence-corrected chi connectivity index (χ0v) is 15.3. The van der Waals surface area contributed by atoms with Gasteiger partial charge in [-0.2, -0.15) is 0 Å². The van der Waals surface area contributed by atoms with Crippen LogP contribution in [0.25, 0.3) is 0 Å². The summed E-state index contributed by atoms with van der Waals surface area (Å²) in [6.07, 6.45) is 2.73. The molecule has 0 atom stereocenters. The van der Waals surface area contributed by atoms with Crippen molar-refractivity contribution in [3.63, 3.8) is 0 Å². The van der Waals surface area contributed by atoms with Crippen LogP contribution in [0.1, 0.15) is 35.3 Å². The quantitative estimate of drug-likeness (QED) is 0.808. The van der Waals surface area contributed by atoms with Gasteiger partial charge in [0.25, 0.3) is 5.91 Å². The monoisotopic (exact) mass is 370 g/mol. The van der Waals surface area contributed by atoms with E-state index in [0.29, 0.717) is 31.7 Å². The van der Waals surface area contributed by atoms with Crippen LogP contribution in [0.5, 0.6) is 0 Å². The normalized spacial score (nSPS) is 19.5. The maximum absolute atomic E-state index is 12.5. The molecule has 1 saturated heterocycles. The van der Waals surface area contributed by atoms with Crippen LogP contribution in [0.3, 0.4) is 0 Å². The second kappa shape index (κ2) is 7.07. The van der Waals surface area contributed by atoms with Crippen LogP contribution in [-0.4, -0.2) is 46.9 Å². The fourth-order valence-electron chi connectivity index (χ4n) is 3.82. The van der Waals surface area contributed by atoms with E-state index < -0.39 is 0 Å². The van der Waals surface area contributed by atoms with E-state index in [-0.39, 0.29) is 17.4 Å². The zero-order valence-electron chi connectivity index (χ0n) is 14.5. The van der Waals surface area contributed by atoms with Gasteiger partial charge in [-0.25, -0.2) is 4.98 Å². The molecular formula is C19H22N4O2S. The summed E-state index contributed by atoms with van der Waals surface area (Å²) in [6.45, 7) is 1.90. The molecule has 0 aliphatic carbocycles. The molecule has 4 rings (SSSR count). The number of fused-ring (bicyclic) bond motifs is 1. The molecule has 26 heavy (non-hydrogen) atoms. The average Bonchev–Trinajstić information content (AvgIpc) is 3.18. The maximum Gasteiger partial charge on any atom is 0.273 e. The minimum absolute atomic E-state index is 0.0194. The highest BCUT2D eigenvalue weighted by molar-refractivity contribution is 7.07. The predicted molar refractivity (Wildman–Crippen MR) is 101 cm³/mol. The number of carbonyl (C=O) groups excluding carboxylic acids is 2. The largest absolute Gasteiger partial charge is 0.379 e. The Labute approximate surface area is 156 Å². The van der Waals surface area contributed by atoms with E-state index in [1.807, 2.05) is 17.0 Å². The second-order valence-electron chi connectivity index (χ2n) is 7.01. The second-order valence-corrected chi connectivity index (χ2v) is 7.72. The van der Waals surface area contributed by atoms with Gasteiger partial charge in [0.15, 0.2) is 0 Å². The first-order valence-corrected chi connectivity index (χ1v) is 9.90. The first-order chi connectivity index (χ1) is 12.7. The summed E-state index contributed by atoms with van der Waals surface area (Å²) < 4.78 is 0. The highest BCUT2D eigenvalue weighted by Gasteiger charge is 2.38. The Kier molecular flexibility index (Phi) is 4.63. The number of aromatic nitrogens is 1. The molecule has 0 bridgehead atoms. The Balaban J connectivity index is 1.53. The number of para-hydroxylation sites is 1. The Morgan fingerprint density at radius 1 is 1.23 bits per heavy atom. The van der Waals surface area contributed by atoms with E-state index in [2.05, 4.69) is 27.8 Å². The smallest absolute Gasteiger partial charge is 0.273 e. The average molecular weight is 370 g/mol. The van der Waals surface area contributed by atoms with Gasteiger partial charge in [-0.3, -0.25) is 9.59 Å². The summed E-state index contributed by atoms with van der Waals surface area (Å²) in [4.78, 5) is 30.9. The Morgan fingerprint density at radius 2 is 2.04 bits per heavy atom. The van der Waals surface area contributed by atoms with Gasteiger partial charge in [0.2, 0.25) is 5.91 Å². The van der Waals surface area contributed by atoms with Crippen molar-refractivity contribution in [3.8, 4) is 0 Å². The van der Waals surface area contributed by atoms with E-state index in [4.69, 9.17) is 0 Å². The van der Waals surface area contributed by atoms with Crippen LogP contribution in [-0.2, 0) is 11.2 Å². The minimum Gasteiger partial charge on any atom is -0.379 e. The number of carbonyl (C=O) groups is 2. The van der Waals surface area contributed by atoms with Gasteiger partial charge in [-0.1, -0.05) is 18.2 Å². The van der Waals surface area contributed by atoms with Crippen LogP contribution < -0.4 is 10.6 Å². The third-order valence-corrected chi connectivity index (χ3v) is 5.88. The lowest BCUT2D eigenvalue weighted by Crippen LogP contribution is -2.52. The molecule has 0 saturated carbocycles. The standard InChI is InChI=1S/C19H22N4O2S/c24-17-11-19(22-15-4-2-1-3-14(15)5-8-20-17)6-9-23(10-7-19)18(25)16-12-26-13-21-16/h1-4,12-13,22H,5-11H2,(H,20,24). The van der Waals surface area contributed by atoms with Gasteiger partial charge in [0.1, 0.15) is 5.69 Å². The van der Waals surface area contributed by atoms with Crippen molar-refractivity contribution in [2.45, 2.75) is 31.2 Å². The zero-order chi connectivity index (χ0) is 18.0. The SMILES string of the molecule is O=C1CC2(CCN(C(=O)c3cscn3)CC2)Nc2ccccc2CCN1. The van der Waals surface area contributed by atoms with E-state index in [1.165, 1.54) is 16.9 Å². The summed E-state index contributed by atoms with van der Waals surface area (Å²) in [5.74, 6) is 0.0543. The van der Waals surface area contributed by atoms with E-state index in [9.17, 15) is 9.59 Å². The molecule has 1 fully saturated rings. The molecule has 0 unspecified atom stereocenters. The molecule has 1 aromatic carbocycles. The van der Waals surface area contributed by atoms with E-state index >= 15 is 0 Å². The fourth-order valence-corrected chi connectivity index (χ4v) is 4.34. The van der Waals surface area contributed by atoms with Crippen molar-refractivity contribution in [2.75, 3.05) is 25.0 Å². The van der Waals surface area contributed by atoms with Crippen molar-refractivity contribution < 1.29 is 9.59 Å². The van der Waals surface area contributed by atoms with E-state index in [1.54, 1.807) is 10.9 Å². The number of piperidine rings is 1. The number of likely N-dealkylation sites (tertiary alicyclic amines) is 1. The lowest BCUT2D eigenvalue weighted by Gasteiger charge is -2.42. The van der Waals surface area contributed by atoms with Crippen LogP contribution in [0, 0.1) is 0 Å². The molecule has 2 aromatic rings. The van der Waals surface area contributed by atoms with Gasteiger partial charge in [-0.15, -0.1) is 11.3 Å². The molecule has 2 aliphatic heterocycles. The summed E-state index contributed by atoms with van der Waals surface area (Å²) in [7, 11) is 0. The number of rotatable bonds is 1. The number of thiazole rings is 1. The number of amides is 2. The molecule has 6 nitrogen and oxygen atoms in total. The number of benzene rings is 1. The van der Waals surface area contributed by atoms with Gasteiger partial charge >= 0.3 is 0 Å². The molecule has 2 aliphatic rings. The molecular weight excluding hydrogens is 348 g/mol. The molecule has 2 amide bonds. The summed E-state index contributed by atoms with van der Waals surface area (Å²) >= 11 is 1.43. The van der Waals surface area contributed by atoms with Crippen molar-refractivity contribution in [2.24, 2.45) is 0 Å². The maximum atomic E-state index is 12.5. The predicted octanol–water partition coefficient (Wildman–Crippen LogP) is 2.29. The molecule has 1 aromatic heterocycles. The Hall–Kier alpha value is -2.41. The van der Waals surface area contributed by atoms with Crippen molar-refractivity contribution in [3.05, 3.63) is 46.4 Å². The summed E-state index contributed by atoms with van der Waals surface area (Å²) in [6, 6.07) is 8.24. The van der Waals surface area contributed by atoms with Crippen molar-refractivity contribution >= 4 is 28.8 Å². The van der Waals surface area contributed by atoms with Gasteiger partial charge in [0.05, 0.1) is 5.51 Å². The first kappa shape index (κ1) is 17.0. The van der Waals surface area contributed by atoms with Gasteiger partial charge < -0.3 is 15.5 Å². The number of nitrogens with zero attached hydrogens (tertiary/aromatic N) is 2. The van der Waals surface area contributed by atoms with Crippen molar-refractivity contribution in [1.29, 1.82) is 0 Å². The molecule has 7 heteroatoms. The van der Waals surface area contributed by atoms with Crippen molar-refractivity contribution in [1.82, 2.24) is 15.2 Å². The highest BCUT2D eigenvalue weighted by atomic mass is 32.1. The highest BCUT2D eigenvalue weighted by Crippen LogP contribution is 2.33. The third-order valence-electron chi connectivity index (χ3n) is 5.29. The van der Waals surface area contributed by atoms with Crippen LogP contribution in [0.15, 0.2) is 35.2 Å². The lowest BCUT2D eigenvalue weighted by atomic mass is 9.83. The topological polar surface area (TPSA) is 74.3 Å². The fraction of sp³-hybridized carbons (Fsp3) is 0.421. The molecule has 2 N–H and O–H groups in total. The van der Waals surface area contributed by atoms with Gasteiger partial charge in [-0.05, 0) is 30.9 Å². The first-order valence-electron chi connectivity index (χ1n) is 8.95.